The van der Waals surface area contributed by atoms with Crippen molar-refractivity contribution in [2.75, 3.05) is 5.32 Å². The number of rotatable bonds is 3. The average molecular weight is 257 g/mol. The van der Waals surface area contributed by atoms with E-state index in [0.717, 1.165) is 0 Å². The molecular weight excluding hydrogens is 242 g/mol. The molecule has 2 rings (SSSR count). The standard InChI is InChI=1S/C14H15N3O2/c1-9-3-2-4-12(13(9)18)17-14(19)10-5-6-16-11(7-10)8-15/h2-7,18H,8,15H2,1H3,(H,17,19). The van der Waals surface area contributed by atoms with Gasteiger partial charge in [-0.1, -0.05) is 12.1 Å². The highest BCUT2D eigenvalue weighted by atomic mass is 16.3. The minimum atomic E-state index is -0.307. The topological polar surface area (TPSA) is 88.2 Å². The lowest BCUT2D eigenvalue weighted by atomic mass is 10.1. The van der Waals surface area contributed by atoms with Crippen LogP contribution in [0.5, 0.6) is 5.75 Å². The third-order valence-corrected chi connectivity index (χ3v) is 2.77. The van der Waals surface area contributed by atoms with Crippen LogP contribution in [0.25, 0.3) is 0 Å². The molecule has 1 aromatic heterocycles. The highest BCUT2D eigenvalue weighted by Crippen LogP contribution is 2.26. The lowest BCUT2D eigenvalue weighted by molar-refractivity contribution is 0.102. The summed E-state index contributed by atoms with van der Waals surface area (Å²) in [7, 11) is 0. The van der Waals surface area contributed by atoms with E-state index in [1.54, 1.807) is 37.3 Å². The summed E-state index contributed by atoms with van der Waals surface area (Å²) in [5.41, 5.74) is 7.67. The fraction of sp³-hybridized carbons (Fsp3) is 0.143. The summed E-state index contributed by atoms with van der Waals surface area (Å²) in [6, 6.07) is 8.40. The summed E-state index contributed by atoms with van der Waals surface area (Å²) in [6.07, 6.45) is 1.53. The van der Waals surface area contributed by atoms with Crippen LogP contribution in [0.1, 0.15) is 21.6 Å². The molecule has 0 saturated heterocycles. The summed E-state index contributed by atoms with van der Waals surface area (Å²) in [6.45, 7) is 2.04. The van der Waals surface area contributed by atoms with Gasteiger partial charge in [-0.25, -0.2) is 0 Å². The van der Waals surface area contributed by atoms with Crippen molar-refractivity contribution in [2.45, 2.75) is 13.5 Å². The Labute approximate surface area is 111 Å². The Morgan fingerprint density at radius 2 is 2.21 bits per heavy atom. The van der Waals surface area contributed by atoms with Gasteiger partial charge in [0.15, 0.2) is 0 Å². The van der Waals surface area contributed by atoms with Gasteiger partial charge in [-0.2, -0.15) is 0 Å². The predicted octanol–water partition coefficient (Wildman–Crippen LogP) is 1.81. The molecule has 5 heteroatoms. The number of phenols is 1. The first-order chi connectivity index (χ1) is 9.11. The normalized spacial score (nSPS) is 10.2. The van der Waals surface area contributed by atoms with Gasteiger partial charge in [0.2, 0.25) is 0 Å². The maximum absolute atomic E-state index is 12.1. The van der Waals surface area contributed by atoms with E-state index in [9.17, 15) is 9.90 Å². The number of aromatic hydroxyl groups is 1. The van der Waals surface area contributed by atoms with Crippen LogP contribution in [0.4, 0.5) is 5.69 Å². The summed E-state index contributed by atoms with van der Waals surface area (Å²) >= 11 is 0. The first kappa shape index (κ1) is 13.0. The van der Waals surface area contributed by atoms with Crippen LogP contribution >= 0.6 is 0 Å². The number of amides is 1. The average Bonchev–Trinajstić information content (AvgIpc) is 2.44. The van der Waals surface area contributed by atoms with Crippen LogP contribution in [0.3, 0.4) is 0 Å². The van der Waals surface area contributed by atoms with Gasteiger partial charge >= 0.3 is 0 Å². The van der Waals surface area contributed by atoms with Crippen LogP contribution in [0.15, 0.2) is 36.5 Å². The Bertz CT molecular complexity index is 611. The van der Waals surface area contributed by atoms with Crippen LogP contribution in [0.2, 0.25) is 0 Å². The Morgan fingerprint density at radius 3 is 2.95 bits per heavy atom. The number of anilines is 1. The zero-order chi connectivity index (χ0) is 13.8. The zero-order valence-corrected chi connectivity index (χ0v) is 10.6. The number of hydrogen-bond donors (Lipinski definition) is 3. The Balaban J connectivity index is 2.23. The SMILES string of the molecule is Cc1cccc(NC(=O)c2ccnc(CN)c2)c1O. The van der Waals surface area contributed by atoms with Crippen molar-refractivity contribution in [3.8, 4) is 5.75 Å². The van der Waals surface area contributed by atoms with E-state index in [4.69, 9.17) is 5.73 Å². The van der Waals surface area contributed by atoms with Crippen molar-refractivity contribution in [1.82, 2.24) is 4.98 Å². The van der Waals surface area contributed by atoms with Crippen LogP contribution < -0.4 is 11.1 Å². The van der Waals surface area contributed by atoms with Gasteiger partial charge in [0, 0.05) is 18.3 Å². The predicted molar refractivity (Wildman–Crippen MR) is 72.9 cm³/mol. The molecule has 0 aliphatic rings. The van der Waals surface area contributed by atoms with E-state index < -0.39 is 0 Å². The molecule has 4 N–H and O–H groups in total. The molecule has 98 valence electrons. The molecule has 0 radical (unpaired) electrons. The van der Waals surface area contributed by atoms with Gasteiger partial charge in [-0.3, -0.25) is 9.78 Å². The lowest BCUT2D eigenvalue weighted by Gasteiger charge is -2.09. The number of benzene rings is 1. The number of pyridine rings is 1. The molecule has 5 nitrogen and oxygen atoms in total. The number of aromatic nitrogens is 1. The van der Waals surface area contributed by atoms with Crippen molar-refractivity contribution in [3.05, 3.63) is 53.3 Å². The molecule has 0 bridgehead atoms. The summed E-state index contributed by atoms with van der Waals surface area (Å²) in [5, 5.41) is 12.5. The quantitative estimate of drug-likeness (QED) is 0.732. The van der Waals surface area contributed by atoms with Crippen LogP contribution in [-0.4, -0.2) is 16.0 Å². The minimum absolute atomic E-state index is 0.0731. The Kier molecular flexibility index (Phi) is 3.77. The molecule has 0 aliphatic carbocycles. The fourth-order valence-corrected chi connectivity index (χ4v) is 1.69. The molecule has 0 atom stereocenters. The Hall–Kier alpha value is -2.40. The molecule has 1 amide bonds. The third-order valence-electron chi connectivity index (χ3n) is 2.77. The number of carbonyl (C=O) groups is 1. The molecule has 2 aromatic rings. The monoisotopic (exact) mass is 257 g/mol. The van der Waals surface area contributed by atoms with Crippen molar-refractivity contribution < 1.29 is 9.90 Å². The molecule has 0 fully saturated rings. The number of hydrogen-bond acceptors (Lipinski definition) is 4. The van der Waals surface area contributed by atoms with Crippen LogP contribution in [-0.2, 0) is 6.54 Å². The van der Waals surface area contributed by atoms with E-state index in [1.807, 2.05) is 0 Å². The van der Waals surface area contributed by atoms with Crippen molar-refractivity contribution in [2.24, 2.45) is 5.73 Å². The number of nitrogens with zero attached hydrogens (tertiary/aromatic N) is 1. The lowest BCUT2D eigenvalue weighted by Crippen LogP contribution is -2.13. The highest BCUT2D eigenvalue weighted by Gasteiger charge is 2.10. The van der Waals surface area contributed by atoms with Gasteiger partial charge in [-0.05, 0) is 30.7 Å². The maximum Gasteiger partial charge on any atom is 0.255 e. The fourth-order valence-electron chi connectivity index (χ4n) is 1.69. The number of nitrogens with two attached hydrogens (primary N) is 1. The van der Waals surface area contributed by atoms with E-state index in [0.29, 0.717) is 22.5 Å². The number of para-hydroxylation sites is 1. The number of carbonyl (C=O) groups excluding carboxylic acids is 1. The molecule has 0 aliphatic heterocycles. The molecule has 0 unspecified atom stereocenters. The molecule has 1 heterocycles. The van der Waals surface area contributed by atoms with Crippen molar-refractivity contribution in [3.63, 3.8) is 0 Å². The first-order valence-electron chi connectivity index (χ1n) is 5.86. The molecule has 0 spiro atoms. The maximum atomic E-state index is 12.1. The molecule has 1 aromatic carbocycles. The van der Waals surface area contributed by atoms with Crippen LogP contribution in [0, 0.1) is 6.92 Å². The second-order valence-corrected chi connectivity index (χ2v) is 4.17. The number of nitrogens with one attached hydrogen (secondary N) is 1. The number of phenolic OH excluding ortho intramolecular Hbond substituents is 1. The van der Waals surface area contributed by atoms with Gasteiger partial charge in [0.1, 0.15) is 5.75 Å². The van der Waals surface area contributed by atoms with Crippen molar-refractivity contribution >= 4 is 11.6 Å². The van der Waals surface area contributed by atoms with E-state index in [-0.39, 0.29) is 18.2 Å². The number of aryl methyl sites for hydroxylation is 1. The highest BCUT2D eigenvalue weighted by molar-refractivity contribution is 6.05. The smallest absolute Gasteiger partial charge is 0.255 e. The van der Waals surface area contributed by atoms with Gasteiger partial charge in [-0.15, -0.1) is 0 Å². The third kappa shape index (κ3) is 2.89. The van der Waals surface area contributed by atoms with Gasteiger partial charge < -0.3 is 16.2 Å². The summed E-state index contributed by atoms with van der Waals surface area (Å²) in [5.74, 6) is -0.234. The first-order valence-corrected chi connectivity index (χ1v) is 5.86. The second-order valence-electron chi connectivity index (χ2n) is 4.17. The second kappa shape index (κ2) is 5.49. The summed E-state index contributed by atoms with van der Waals surface area (Å²) < 4.78 is 0. The molecule has 0 saturated carbocycles. The minimum Gasteiger partial charge on any atom is -0.505 e. The van der Waals surface area contributed by atoms with E-state index in [2.05, 4.69) is 10.3 Å². The molecular formula is C14H15N3O2. The van der Waals surface area contributed by atoms with Crippen molar-refractivity contribution in [1.29, 1.82) is 0 Å². The molecule has 19 heavy (non-hydrogen) atoms. The van der Waals surface area contributed by atoms with Gasteiger partial charge in [0.05, 0.1) is 11.4 Å². The van der Waals surface area contributed by atoms with Gasteiger partial charge in [0.25, 0.3) is 5.91 Å². The zero-order valence-electron chi connectivity index (χ0n) is 10.6. The Morgan fingerprint density at radius 1 is 1.42 bits per heavy atom. The van der Waals surface area contributed by atoms with E-state index >= 15 is 0 Å². The summed E-state index contributed by atoms with van der Waals surface area (Å²) in [4.78, 5) is 16.1. The van der Waals surface area contributed by atoms with E-state index in [1.165, 1.54) is 6.20 Å². The largest absolute Gasteiger partial charge is 0.505 e.